The number of ether oxygens (including phenoxy) is 1. The summed E-state index contributed by atoms with van der Waals surface area (Å²) in [5.74, 6) is 0. The molecule has 1 heterocycles. The van der Waals surface area contributed by atoms with Gasteiger partial charge in [-0.2, -0.15) is 0 Å². The summed E-state index contributed by atoms with van der Waals surface area (Å²) in [4.78, 5) is 15.8. The highest BCUT2D eigenvalue weighted by Crippen LogP contribution is 2.14. The summed E-state index contributed by atoms with van der Waals surface area (Å²) in [5.41, 5.74) is 2.31. The van der Waals surface area contributed by atoms with Gasteiger partial charge in [0, 0.05) is 15.9 Å². The van der Waals surface area contributed by atoms with Gasteiger partial charge < -0.3 is 4.74 Å². The third-order valence-corrected chi connectivity index (χ3v) is 2.92. The first-order valence-electron chi connectivity index (χ1n) is 5.75. The van der Waals surface area contributed by atoms with Crippen molar-refractivity contribution in [2.75, 3.05) is 5.32 Å². The summed E-state index contributed by atoms with van der Waals surface area (Å²) in [6.07, 6.45) is -0.495. The van der Waals surface area contributed by atoms with Crippen molar-refractivity contribution in [3.8, 4) is 0 Å². The maximum Gasteiger partial charge on any atom is 0.412 e. The van der Waals surface area contributed by atoms with Crippen LogP contribution in [-0.2, 0) is 11.3 Å². The zero-order valence-corrected chi connectivity index (χ0v) is 12.0. The minimum atomic E-state index is -0.495. The molecule has 0 saturated carbocycles. The van der Waals surface area contributed by atoms with Crippen LogP contribution in [0, 0.1) is 6.92 Å². The van der Waals surface area contributed by atoms with Crippen LogP contribution in [0.15, 0.2) is 46.9 Å². The number of aromatic nitrogens is 1. The molecule has 0 unspecified atom stereocenters. The number of rotatable bonds is 3. The summed E-state index contributed by atoms with van der Waals surface area (Å²) >= 11 is 3.33. The van der Waals surface area contributed by atoms with Crippen molar-refractivity contribution < 1.29 is 9.53 Å². The Morgan fingerprint density at radius 2 is 2.00 bits per heavy atom. The topological polar surface area (TPSA) is 51.2 Å². The van der Waals surface area contributed by atoms with Crippen LogP contribution in [0.25, 0.3) is 0 Å². The third-order valence-electron chi connectivity index (χ3n) is 2.39. The van der Waals surface area contributed by atoms with Crippen molar-refractivity contribution in [1.29, 1.82) is 0 Å². The predicted molar refractivity (Wildman–Crippen MR) is 76.9 cm³/mol. The highest BCUT2D eigenvalue weighted by atomic mass is 79.9. The third kappa shape index (κ3) is 4.37. The van der Waals surface area contributed by atoms with Gasteiger partial charge in [-0.25, -0.2) is 4.79 Å². The van der Waals surface area contributed by atoms with Gasteiger partial charge in [0.15, 0.2) is 0 Å². The average molecular weight is 321 g/mol. The second-order valence-electron chi connectivity index (χ2n) is 3.98. The number of amides is 1. The molecule has 0 saturated heterocycles. The standard InChI is InChI=1S/C14H13BrN2O2/c1-10-3-2-4-13(16-10)9-19-14(18)17-12-7-5-11(15)6-8-12/h2-8H,9H2,1H3,(H,17,18). The van der Waals surface area contributed by atoms with Gasteiger partial charge in [-0.3, -0.25) is 10.3 Å². The lowest BCUT2D eigenvalue weighted by Gasteiger charge is -2.07. The van der Waals surface area contributed by atoms with Crippen LogP contribution in [0.3, 0.4) is 0 Å². The van der Waals surface area contributed by atoms with Crippen LogP contribution in [0.5, 0.6) is 0 Å². The average Bonchev–Trinajstić information content (AvgIpc) is 2.39. The molecular weight excluding hydrogens is 308 g/mol. The van der Waals surface area contributed by atoms with Crippen LogP contribution in [-0.4, -0.2) is 11.1 Å². The van der Waals surface area contributed by atoms with E-state index >= 15 is 0 Å². The highest BCUT2D eigenvalue weighted by Gasteiger charge is 2.04. The Morgan fingerprint density at radius 1 is 1.26 bits per heavy atom. The summed E-state index contributed by atoms with van der Waals surface area (Å²) in [5, 5.41) is 2.64. The SMILES string of the molecule is Cc1cccc(COC(=O)Nc2ccc(Br)cc2)n1. The van der Waals surface area contributed by atoms with Gasteiger partial charge in [-0.1, -0.05) is 22.0 Å². The lowest BCUT2D eigenvalue weighted by molar-refractivity contribution is 0.153. The van der Waals surface area contributed by atoms with E-state index in [0.29, 0.717) is 5.69 Å². The van der Waals surface area contributed by atoms with Crippen molar-refractivity contribution in [3.63, 3.8) is 0 Å². The second-order valence-corrected chi connectivity index (χ2v) is 4.89. The van der Waals surface area contributed by atoms with Crippen molar-refractivity contribution in [2.24, 2.45) is 0 Å². The normalized spacial score (nSPS) is 10.0. The molecule has 0 aliphatic rings. The van der Waals surface area contributed by atoms with E-state index in [0.717, 1.165) is 15.9 Å². The Morgan fingerprint density at radius 3 is 2.68 bits per heavy atom. The number of halogens is 1. The fourth-order valence-electron chi connectivity index (χ4n) is 1.51. The quantitative estimate of drug-likeness (QED) is 0.933. The van der Waals surface area contributed by atoms with Crippen LogP contribution in [0.4, 0.5) is 10.5 Å². The van der Waals surface area contributed by atoms with Gasteiger partial charge in [-0.05, 0) is 43.3 Å². The molecule has 19 heavy (non-hydrogen) atoms. The molecule has 1 amide bonds. The molecule has 0 radical (unpaired) electrons. The highest BCUT2D eigenvalue weighted by molar-refractivity contribution is 9.10. The predicted octanol–water partition coefficient (Wildman–Crippen LogP) is 3.90. The summed E-state index contributed by atoms with van der Waals surface area (Å²) in [6.45, 7) is 2.05. The molecule has 5 heteroatoms. The smallest absolute Gasteiger partial charge is 0.412 e. The largest absolute Gasteiger partial charge is 0.443 e. The number of carbonyl (C=O) groups excluding carboxylic acids is 1. The minimum absolute atomic E-state index is 0.157. The number of aryl methyl sites for hydroxylation is 1. The Balaban J connectivity index is 1.86. The van der Waals surface area contributed by atoms with Gasteiger partial charge in [0.1, 0.15) is 6.61 Å². The first-order valence-corrected chi connectivity index (χ1v) is 6.55. The molecular formula is C14H13BrN2O2. The molecule has 4 nitrogen and oxygen atoms in total. The van der Waals surface area contributed by atoms with Gasteiger partial charge in [0.25, 0.3) is 0 Å². The number of anilines is 1. The number of hydrogen-bond acceptors (Lipinski definition) is 3. The fourth-order valence-corrected chi connectivity index (χ4v) is 1.77. The molecule has 1 aromatic heterocycles. The minimum Gasteiger partial charge on any atom is -0.443 e. The van der Waals surface area contributed by atoms with Crippen molar-refractivity contribution in [2.45, 2.75) is 13.5 Å². The van der Waals surface area contributed by atoms with Crippen LogP contribution in [0.1, 0.15) is 11.4 Å². The van der Waals surface area contributed by atoms with Gasteiger partial charge >= 0.3 is 6.09 Å². The molecule has 0 atom stereocenters. The van der Waals surface area contributed by atoms with E-state index in [1.165, 1.54) is 0 Å². The number of benzene rings is 1. The zero-order chi connectivity index (χ0) is 13.7. The maximum atomic E-state index is 11.6. The summed E-state index contributed by atoms with van der Waals surface area (Å²) in [7, 11) is 0. The Labute approximate surface area is 119 Å². The molecule has 0 aliphatic heterocycles. The monoisotopic (exact) mass is 320 g/mol. The van der Waals surface area contributed by atoms with Gasteiger partial charge in [-0.15, -0.1) is 0 Å². The Hall–Kier alpha value is -1.88. The number of nitrogens with zero attached hydrogens (tertiary/aromatic N) is 1. The van der Waals surface area contributed by atoms with E-state index in [9.17, 15) is 4.79 Å². The van der Waals surface area contributed by atoms with Crippen molar-refractivity contribution >= 4 is 27.7 Å². The summed E-state index contributed by atoms with van der Waals surface area (Å²) < 4.78 is 6.05. The van der Waals surface area contributed by atoms with E-state index < -0.39 is 6.09 Å². The first-order chi connectivity index (χ1) is 9.13. The number of hydrogen-bond donors (Lipinski definition) is 1. The van der Waals surface area contributed by atoms with Crippen molar-refractivity contribution in [1.82, 2.24) is 4.98 Å². The van der Waals surface area contributed by atoms with Gasteiger partial charge in [0.2, 0.25) is 0 Å². The Bertz CT molecular complexity index is 570. The Kier molecular flexibility index (Phi) is 4.52. The molecule has 2 aromatic rings. The van der Waals surface area contributed by atoms with E-state index in [-0.39, 0.29) is 6.61 Å². The lowest BCUT2D eigenvalue weighted by atomic mass is 10.3. The second kappa shape index (κ2) is 6.33. The molecule has 0 spiro atoms. The molecule has 0 aliphatic carbocycles. The number of pyridine rings is 1. The first kappa shape index (κ1) is 13.5. The number of nitrogens with one attached hydrogen (secondary N) is 1. The molecule has 2 rings (SSSR count). The van der Waals surface area contributed by atoms with Crippen LogP contribution < -0.4 is 5.32 Å². The van der Waals surface area contributed by atoms with E-state index in [4.69, 9.17) is 4.74 Å². The molecule has 1 N–H and O–H groups in total. The molecule has 0 bridgehead atoms. The lowest BCUT2D eigenvalue weighted by Crippen LogP contribution is -2.13. The fraction of sp³-hybridized carbons (Fsp3) is 0.143. The van der Waals surface area contributed by atoms with Gasteiger partial charge in [0.05, 0.1) is 5.69 Å². The van der Waals surface area contributed by atoms with Crippen LogP contribution >= 0.6 is 15.9 Å². The van der Waals surface area contributed by atoms with E-state index in [1.54, 1.807) is 12.1 Å². The molecule has 1 aromatic carbocycles. The number of carbonyl (C=O) groups is 1. The maximum absolute atomic E-state index is 11.6. The van der Waals surface area contributed by atoms with E-state index in [1.807, 2.05) is 37.3 Å². The zero-order valence-electron chi connectivity index (χ0n) is 10.4. The molecule has 98 valence electrons. The molecule has 0 fully saturated rings. The van der Waals surface area contributed by atoms with Crippen LogP contribution in [0.2, 0.25) is 0 Å². The summed E-state index contributed by atoms with van der Waals surface area (Å²) in [6, 6.07) is 12.9. The van der Waals surface area contributed by atoms with Crippen molar-refractivity contribution in [3.05, 3.63) is 58.3 Å². The van der Waals surface area contributed by atoms with E-state index in [2.05, 4.69) is 26.2 Å².